The smallest absolute Gasteiger partial charge is 0.271 e. The molecule has 0 fully saturated rings. The van der Waals surface area contributed by atoms with Gasteiger partial charge in [-0.2, -0.15) is 5.26 Å². The van der Waals surface area contributed by atoms with Crippen molar-refractivity contribution in [1.29, 1.82) is 5.26 Å². The van der Waals surface area contributed by atoms with Gasteiger partial charge in [-0.1, -0.05) is 0 Å². The van der Waals surface area contributed by atoms with Gasteiger partial charge in [0.1, 0.15) is 29.6 Å². The largest absolute Gasteiger partial charge is 0.497 e. The number of aromatic nitrogens is 2. The number of amides is 1. The van der Waals surface area contributed by atoms with Gasteiger partial charge in [0.25, 0.3) is 5.91 Å². The van der Waals surface area contributed by atoms with Crippen molar-refractivity contribution < 1.29 is 14.3 Å². The third-order valence-corrected chi connectivity index (χ3v) is 3.89. The molecule has 3 rings (SSSR count). The lowest BCUT2D eigenvalue weighted by Crippen LogP contribution is -2.28. The second-order valence-electron chi connectivity index (χ2n) is 5.88. The summed E-state index contributed by atoms with van der Waals surface area (Å²) in [5.74, 6) is 1.61. The minimum atomic E-state index is -0.333. The molecule has 3 aromatic rings. The van der Waals surface area contributed by atoms with Crippen LogP contribution in [0.25, 0.3) is 0 Å². The highest BCUT2D eigenvalue weighted by molar-refractivity contribution is 5.92. The SMILES string of the molecule is COc1ccc(OCCNC(=O)c2cnc(Nc3ccc(C#N)cc3)cn2)cc1. The Morgan fingerprint density at radius 3 is 2.38 bits per heavy atom. The number of rotatable bonds is 8. The van der Waals surface area contributed by atoms with Gasteiger partial charge in [0, 0.05) is 5.69 Å². The van der Waals surface area contributed by atoms with Crippen LogP contribution in [0.5, 0.6) is 11.5 Å². The van der Waals surface area contributed by atoms with E-state index in [0.29, 0.717) is 30.3 Å². The van der Waals surface area contributed by atoms with Crippen LogP contribution in [-0.4, -0.2) is 36.1 Å². The Morgan fingerprint density at radius 2 is 1.76 bits per heavy atom. The summed E-state index contributed by atoms with van der Waals surface area (Å²) in [5.41, 5.74) is 1.55. The predicted octanol–water partition coefficient (Wildman–Crippen LogP) is 2.91. The van der Waals surface area contributed by atoms with Crippen molar-refractivity contribution in [1.82, 2.24) is 15.3 Å². The summed E-state index contributed by atoms with van der Waals surface area (Å²) in [4.78, 5) is 20.5. The van der Waals surface area contributed by atoms with Crippen molar-refractivity contribution in [2.45, 2.75) is 0 Å². The first-order valence-electron chi connectivity index (χ1n) is 8.82. The van der Waals surface area contributed by atoms with E-state index in [2.05, 4.69) is 26.7 Å². The van der Waals surface area contributed by atoms with Crippen molar-refractivity contribution in [3.63, 3.8) is 0 Å². The monoisotopic (exact) mass is 389 g/mol. The molecule has 0 spiro atoms. The van der Waals surface area contributed by atoms with Gasteiger partial charge in [-0.3, -0.25) is 4.79 Å². The van der Waals surface area contributed by atoms with Gasteiger partial charge in [-0.25, -0.2) is 9.97 Å². The van der Waals surface area contributed by atoms with Crippen molar-refractivity contribution in [2.24, 2.45) is 0 Å². The number of nitrogens with one attached hydrogen (secondary N) is 2. The maximum absolute atomic E-state index is 12.1. The summed E-state index contributed by atoms with van der Waals surface area (Å²) in [6, 6.07) is 16.2. The van der Waals surface area contributed by atoms with Crippen molar-refractivity contribution >= 4 is 17.4 Å². The number of benzene rings is 2. The summed E-state index contributed by atoms with van der Waals surface area (Å²) in [6.45, 7) is 0.654. The Balaban J connectivity index is 1.45. The first kappa shape index (κ1) is 19.6. The van der Waals surface area contributed by atoms with Gasteiger partial charge in [0.15, 0.2) is 0 Å². The van der Waals surface area contributed by atoms with Crippen molar-refractivity contribution in [3.05, 3.63) is 72.2 Å². The van der Waals surface area contributed by atoms with E-state index < -0.39 is 0 Å². The Morgan fingerprint density at radius 1 is 1.03 bits per heavy atom. The number of hydrogen-bond donors (Lipinski definition) is 2. The lowest BCUT2D eigenvalue weighted by molar-refractivity contribution is 0.0941. The van der Waals surface area contributed by atoms with E-state index in [4.69, 9.17) is 14.7 Å². The van der Waals surface area contributed by atoms with Crippen LogP contribution in [0.2, 0.25) is 0 Å². The molecule has 0 bridgehead atoms. The Bertz CT molecular complexity index is 981. The Labute approximate surface area is 168 Å². The highest BCUT2D eigenvalue weighted by Gasteiger charge is 2.08. The fourth-order valence-corrected chi connectivity index (χ4v) is 2.38. The van der Waals surface area contributed by atoms with Gasteiger partial charge in [-0.05, 0) is 48.5 Å². The van der Waals surface area contributed by atoms with E-state index in [1.807, 2.05) is 0 Å². The molecule has 8 heteroatoms. The van der Waals surface area contributed by atoms with Crippen LogP contribution in [0.4, 0.5) is 11.5 Å². The Kier molecular flexibility index (Phi) is 6.58. The maximum Gasteiger partial charge on any atom is 0.271 e. The number of anilines is 2. The maximum atomic E-state index is 12.1. The number of hydrogen-bond acceptors (Lipinski definition) is 7. The van der Waals surface area contributed by atoms with Crippen molar-refractivity contribution in [3.8, 4) is 17.6 Å². The number of carbonyl (C=O) groups excluding carboxylic acids is 1. The average molecular weight is 389 g/mol. The molecular weight excluding hydrogens is 370 g/mol. The molecule has 1 amide bonds. The first-order valence-corrected chi connectivity index (χ1v) is 8.82. The molecule has 8 nitrogen and oxygen atoms in total. The number of methoxy groups -OCH3 is 1. The molecule has 1 aromatic heterocycles. The Hall–Kier alpha value is -4.12. The molecule has 0 unspecified atom stereocenters. The van der Waals surface area contributed by atoms with E-state index in [9.17, 15) is 4.79 Å². The zero-order chi connectivity index (χ0) is 20.5. The molecule has 29 heavy (non-hydrogen) atoms. The highest BCUT2D eigenvalue weighted by Crippen LogP contribution is 2.17. The second kappa shape index (κ2) is 9.71. The predicted molar refractivity (Wildman–Crippen MR) is 107 cm³/mol. The molecule has 1 heterocycles. The summed E-state index contributed by atoms with van der Waals surface area (Å²) in [6.07, 6.45) is 2.87. The van der Waals surface area contributed by atoms with E-state index in [1.165, 1.54) is 12.4 Å². The summed E-state index contributed by atoms with van der Waals surface area (Å²) in [7, 11) is 1.60. The molecule has 0 saturated carbocycles. The fraction of sp³-hybridized carbons (Fsp3) is 0.143. The summed E-state index contributed by atoms with van der Waals surface area (Å²) < 4.78 is 10.6. The molecule has 0 saturated heterocycles. The van der Waals surface area contributed by atoms with Crippen LogP contribution >= 0.6 is 0 Å². The number of ether oxygens (including phenoxy) is 2. The van der Waals surface area contributed by atoms with E-state index in [1.54, 1.807) is 55.6 Å². The third-order valence-electron chi connectivity index (χ3n) is 3.89. The molecular formula is C21H19N5O3. The minimum Gasteiger partial charge on any atom is -0.497 e. The zero-order valence-electron chi connectivity index (χ0n) is 15.8. The lowest BCUT2D eigenvalue weighted by Gasteiger charge is -2.09. The topological polar surface area (TPSA) is 109 Å². The van der Waals surface area contributed by atoms with E-state index >= 15 is 0 Å². The molecule has 0 aliphatic carbocycles. The van der Waals surface area contributed by atoms with Crippen LogP contribution < -0.4 is 20.1 Å². The number of nitriles is 1. The van der Waals surface area contributed by atoms with Crippen LogP contribution in [0, 0.1) is 11.3 Å². The standard InChI is InChI=1S/C21H19N5O3/c1-28-17-6-8-18(9-7-17)29-11-10-23-21(27)19-13-25-20(14-24-19)26-16-4-2-15(12-22)3-5-16/h2-9,13-14H,10-11H2,1H3,(H,23,27)(H,25,26). The van der Waals surface area contributed by atoms with Gasteiger partial charge in [-0.15, -0.1) is 0 Å². The van der Waals surface area contributed by atoms with Crippen LogP contribution in [-0.2, 0) is 0 Å². The van der Waals surface area contributed by atoms with Gasteiger partial charge < -0.3 is 20.1 Å². The van der Waals surface area contributed by atoms with Crippen molar-refractivity contribution in [2.75, 3.05) is 25.6 Å². The first-order chi connectivity index (χ1) is 14.2. The normalized spacial score (nSPS) is 9.93. The van der Waals surface area contributed by atoms with E-state index in [0.717, 1.165) is 11.4 Å². The molecule has 0 radical (unpaired) electrons. The molecule has 2 aromatic carbocycles. The van der Waals surface area contributed by atoms with E-state index in [-0.39, 0.29) is 11.6 Å². The highest BCUT2D eigenvalue weighted by atomic mass is 16.5. The van der Waals surface area contributed by atoms with Crippen LogP contribution in [0.1, 0.15) is 16.1 Å². The summed E-state index contributed by atoms with van der Waals surface area (Å²) in [5, 5.41) is 14.6. The number of carbonyl (C=O) groups is 1. The number of nitrogens with zero attached hydrogens (tertiary/aromatic N) is 3. The minimum absolute atomic E-state index is 0.208. The van der Waals surface area contributed by atoms with Gasteiger partial charge in [0.2, 0.25) is 0 Å². The second-order valence-corrected chi connectivity index (χ2v) is 5.88. The zero-order valence-corrected chi connectivity index (χ0v) is 15.8. The molecule has 146 valence electrons. The fourth-order valence-electron chi connectivity index (χ4n) is 2.38. The molecule has 0 aliphatic heterocycles. The third kappa shape index (κ3) is 5.68. The lowest BCUT2D eigenvalue weighted by atomic mass is 10.2. The van der Waals surface area contributed by atoms with Gasteiger partial charge in [0.05, 0.1) is 37.7 Å². The molecule has 2 N–H and O–H groups in total. The quantitative estimate of drug-likeness (QED) is 0.570. The summed E-state index contributed by atoms with van der Waals surface area (Å²) >= 11 is 0. The van der Waals surface area contributed by atoms with Gasteiger partial charge >= 0.3 is 0 Å². The molecule has 0 aliphatic rings. The van der Waals surface area contributed by atoms with Crippen LogP contribution in [0.3, 0.4) is 0 Å². The average Bonchev–Trinajstić information content (AvgIpc) is 2.78. The van der Waals surface area contributed by atoms with Crippen LogP contribution in [0.15, 0.2) is 60.9 Å². The molecule has 0 atom stereocenters.